The molecule has 1 fully saturated rings. The molecule has 4 heterocycles. The molecule has 2 atom stereocenters. The first-order chi connectivity index (χ1) is 19.8. The Balaban J connectivity index is 1.53. The molecule has 4 rings (SSSR count). The largest absolute Gasteiger partial charge is 0.477 e. The van der Waals surface area contributed by atoms with Gasteiger partial charge in [-0.2, -0.15) is 0 Å². The molecule has 5 N–H and O–H groups in total. The number of nitrogens with two attached hydrogens (primary N) is 1. The summed E-state index contributed by atoms with van der Waals surface area (Å²) in [6.07, 6.45) is 1.79. The van der Waals surface area contributed by atoms with Crippen LogP contribution in [0.1, 0.15) is 9.81 Å². The fraction of sp³-hybridized carbons (Fsp3) is 0.250. The maximum atomic E-state index is 13.0. The van der Waals surface area contributed by atoms with Gasteiger partial charge < -0.3 is 25.8 Å². The molecule has 0 unspecified atom stereocenters. The van der Waals surface area contributed by atoms with E-state index in [4.69, 9.17) is 9.85 Å². The number of fused-ring (bicyclic) bond motifs is 1. The van der Waals surface area contributed by atoms with Crippen molar-refractivity contribution in [1.82, 2.24) is 30.0 Å². The van der Waals surface area contributed by atoms with Crippen molar-refractivity contribution in [2.75, 3.05) is 18.5 Å². The van der Waals surface area contributed by atoms with Gasteiger partial charge in [-0.3, -0.25) is 28.6 Å². The lowest BCUT2D eigenvalue weighted by atomic mass is 10.0. The van der Waals surface area contributed by atoms with Gasteiger partial charge in [-0.15, -0.1) is 28.2 Å². The van der Waals surface area contributed by atoms with Crippen LogP contribution in [0.2, 0.25) is 0 Å². The van der Waals surface area contributed by atoms with E-state index in [0.717, 1.165) is 44.3 Å². The number of aldehydes is 1. The number of nitrogen functional groups attached to an aromatic ring is 1. The first kappa shape index (κ1) is 23.9. The Morgan fingerprint density at radius 3 is 2.92 bits per heavy atom. The van der Waals surface area contributed by atoms with Crippen molar-refractivity contribution >= 4 is 69.8 Å². The van der Waals surface area contributed by atoms with Gasteiger partial charge >= 0.3 is 17.1 Å². The Hall–Kier alpha value is -4.23. The highest BCUT2D eigenvalue weighted by molar-refractivity contribution is 8.02. The van der Waals surface area contributed by atoms with Crippen molar-refractivity contribution in [3.63, 3.8) is 0 Å². The molecule has 2 aliphatic heterocycles. The number of aliphatic carboxylic acids is 1. The third-order valence-electron chi connectivity index (χ3n) is 5.23. The van der Waals surface area contributed by atoms with Crippen molar-refractivity contribution in [3.8, 4) is 0 Å². The predicted molar refractivity (Wildman–Crippen MR) is 140 cm³/mol. The Labute approximate surface area is 234 Å². The Bertz CT molecular complexity index is 1660. The van der Waals surface area contributed by atoms with Crippen LogP contribution in [0.3, 0.4) is 0 Å². The van der Waals surface area contributed by atoms with Gasteiger partial charge in [0.05, 0.1) is 10.7 Å². The number of aromatic nitrogens is 4. The quantitative estimate of drug-likeness (QED) is 0.0615. The zero-order chi connectivity index (χ0) is 30.8. The minimum absolute atomic E-state index is 0.0358. The summed E-state index contributed by atoms with van der Waals surface area (Å²) in [4.78, 5) is 81.8. The summed E-state index contributed by atoms with van der Waals surface area (Å²) in [7, 11) is -2.97. The number of nitrogens with zero attached hydrogens (tertiary/aromatic N) is 5. The topological polar surface area (TPSA) is 232 Å². The van der Waals surface area contributed by atoms with E-state index < -0.39 is 59.6 Å². The zero-order valence-electron chi connectivity index (χ0n) is 22.2. The maximum absolute atomic E-state index is 13.0. The van der Waals surface area contributed by atoms with Gasteiger partial charge in [0.2, 0.25) is 0 Å². The Morgan fingerprint density at radius 1 is 1.46 bits per heavy atom. The van der Waals surface area contributed by atoms with Crippen LogP contribution in [0.5, 0.6) is 0 Å². The molecule has 16 nitrogen and oxygen atoms in total. The van der Waals surface area contributed by atoms with Crippen molar-refractivity contribution in [3.05, 3.63) is 54.5 Å². The minimum atomic E-state index is -2.97. The number of allylic oxidation sites excluding steroid dienone is 1. The summed E-state index contributed by atoms with van der Waals surface area (Å²) >= 11 is 2.91. The number of thioether (sulfide) groups is 2. The van der Waals surface area contributed by atoms with Crippen molar-refractivity contribution in [1.29, 1.82) is 0 Å². The monoisotopic (exact) mass is 597 g/mol. The molecule has 0 radical (unpaired) electrons. The van der Waals surface area contributed by atoms with Gasteiger partial charge in [-0.05, 0) is 17.1 Å². The van der Waals surface area contributed by atoms with E-state index in [0.29, 0.717) is 6.29 Å². The first-order valence-corrected chi connectivity index (χ1v) is 13.3. The number of carbonyl (C=O) groups excluding carboxylic acids is 3. The lowest BCUT2D eigenvalue weighted by Crippen LogP contribution is -2.71. The van der Waals surface area contributed by atoms with E-state index >= 15 is 0 Å². The highest BCUT2D eigenvalue weighted by atomic mass is 32.2. The highest BCUT2D eigenvalue weighted by Gasteiger charge is 2.54. The molecule has 1 saturated heterocycles. The van der Waals surface area contributed by atoms with Crippen LogP contribution in [-0.2, 0) is 30.6 Å². The summed E-state index contributed by atoms with van der Waals surface area (Å²) in [6.45, 7) is -0.424. The second kappa shape index (κ2) is 11.7. The number of β-lactam (4-membered cyclic amide) rings is 1. The number of hydrogen-bond acceptors (Lipinski definition) is 14. The van der Waals surface area contributed by atoms with Gasteiger partial charge in [-0.1, -0.05) is 16.9 Å². The number of anilines is 1. The first-order valence-electron chi connectivity index (χ1n) is 12.0. The maximum Gasteiger partial charge on any atom is 0.352 e. The summed E-state index contributed by atoms with van der Waals surface area (Å²) in [6, 6.07) is -1.19. The average Bonchev–Trinajstić information content (AvgIpc) is 3.35. The predicted octanol–water partition coefficient (Wildman–Crippen LogP) is -1.44. The molecule has 19 heteroatoms. The minimum Gasteiger partial charge on any atom is -0.477 e. The van der Waals surface area contributed by atoms with Crippen LogP contribution in [0.15, 0.2) is 48.0 Å². The molecule has 0 saturated carbocycles. The molecule has 0 spiro atoms. The fourth-order valence-corrected chi connectivity index (χ4v) is 6.15. The third-order valence-corrected chi connectivity index (χ3v) is 8.00. The van der Waals surface area contributed by atoms with E-state index in [1.165, 1.54) is 16.9 Å². The molecule has 0 bridgehead atoms. The number of rotatable bonds is 10. The third kappa shape index (κ3) is 5.49. The van der Waals surface area contributed by atoms with Crippen LogP contribution < -0.4 is 22.2 Å². The molecule has 0 aromatic carbocycles. The molecule has 2 aromatic rings. The molecular formula is C20H18N8O8S3. The lowest BCUT2D eigenvalue weighted by Gasteiger charge is -2.49. The number of oxime groups is 1. The highest BCUT2D eigenvalue weighted by Crippen LogP contribution is 2.41. The van der Waals surface area contributed by atoms with Crippen LogP contribution in [-0.4, -0.2) is 83.7 Å². The van der Waals surface area contributed by atoms with E-state index in [-0.39, 0.29) is 33.0 Å². The SMILES string of the molecule is [2H]C([2H])([2H])O/N=C(\C(=O)N[C@@H]1C(=O)N2C(C(=O)O)=C(/C=C/Sc3n[nH]c(=O)c(=O)n3CC=O)CS[C@H]12)c1csc(N)n1. The van der Waals surface area contributed by atoms with Gasteiger partial charge in [0.25, 0.3) is 11.8 Å². The number of thiazole rings is 1. The van der Waals surface area contributed by atoms with Gasteiger partial charge in [0, 0.05) is 11.1 Å². The van der Waals surface area contributed by atoms with Crippen molar-refractivity contribution in [2.45, 2.75) is 23.1 Å². The summed E-state index contributed by atoms with van der Waals surface area (Å²) in [5.41, 5.74) is 2.80. The standard InChI is InChI=1S/C20H18N8O8S3/c1-36-26-10(9-7-39-19(21)22-9)13(30)23-11-15(32)28-12(18(34)35)8(6-38-17(11)28)2-5-37-20-25-24-14(31)16(33)27(20)3-4-29/h2,4-5,7,11,17H,3,6H2,1H3,(H2,21,22)(H,23,30)(H,24,31)(H,34,35)/b5-2+,26-10-/t11-,17-/m1/s1/i1D3. The molecule has 2 aromatic heterocycles. The number of H-pyrrole nitrogens is 1. The van der Waals surface area contributed by atoms with E-state index in [1.807, 2.05) is 5.10 Å². The lowest BCUT2D eigenvalue weighted by molar-refractivity contribution is -0.150. The van der Waals surface area contributed by atoms with Crippen LogP contribution >= 0.6 is 34.9 Å². The second-order valence-corrected chi connectivity index (χ2v) is 10.3. The molecule has 0 aliphatic carbocycles. The van der Waals surface area contributed by atoms with Crippen LogP contribution in [0.4, 0.5) is 5.13 Å². The molecule has 2 aliphatic rings. The number of nitrogens with one attached hydrogen (secondary N) is 2. The van der Waals surface area contributed by atoms with Crippen LogP contribution in [0.25, 0.3) is 0 Å². The van der Waals surface area contributed by atoms with Gasteiger partial charge in [0.15, 0.2) is 16.0 Å². The second-order valence-electron chi connectivity index (χ2n) is 7.48. The Kier molecular flexibility index (Phi) is 7.13. The molecule has 204 valence electrons. The summed E-state index contributed by atoms with van der Waals surface area (Å²) in [5.74, 6) is -3.09. The van der Waals surface area contributed by atoms with Crippen molar-refractivity contribution in [2.24, 2.45) is 5.16 Å². The fourth-order valence-electron chi connectivity index (χ4n) is 3.55. The Morgan fingerprint density at radius 2 is 2.26 bits per heavy atom. The summed E-state index contributed by atoms with van der Waals surface area (Å²) in [5, 5.41) is 23.3. The van der Waals surface area contributed by atoms with E-state index in [1.54, 1.807) is 0 Å². The van der Waals surface area contributed by atoms with E-state index in [9.17, 15) is 33.9 Å². The van der Waals surface area contributed by atoms with Gasteiger partial charge in [-0.25, -0.2) is 14.9 Å². The number of carboxylic acid groups (broad SMARTS) is 1. The summed E-state index contributed by atoms with van der Waals surface area (Å²) < 4.78 is 22.3. The normalized spacial score (nSPS) is 20.5. The molecule has 39 heavy (non-hydrogen) atoms. The average molecular weight is 598 g/mol. The van der Waals surface area contributed by atoms with Gasteiger partial charge in [0.1, 0.15) is 36.1 Å². The molecule has 2 amide bonds. The number of aromatic amines is 1. The molecular weight excluding hydrogens is 576 g/mol. The zero-order valence-corrected chi connectivity index (χ0v) is 21.7. The van der Waals surface area contributed by atoms with Crippen molar-refractivity contribution < 1.29 is 33.2 Å². The number of carboxylic acids is 1. The number of carbonyl (C=O) groups is 4. The number of hydrogen-bond donors (Lipinski definition) is 4. The van der Waals surface area contributed by atoms with Crippen LogP contribution in [0, 0.1) is 0 Å². The number of amides is 2. The smallest absolute Gasteiger partial charge is 0.352 e. The van der Waals surface area contributed by atoms with E-state index in [2.05, 4.69) is 25.4 Å².